The average molecular weight is 276 g/mol. The van der Waals surface area contributed by atoms with Crippen LogP contribution in [-0.2, 0) is 13.0 Å². The Morgan fingerprint density at radius 2 is 1.90 bits per heavy atom. The summed E-state index contributed by atoms with van der Waals surface area (Å²) in [6.45, 7) is 2.28. The van der Waals surface area contributed by atoms with Gasteiger partial charge in [-0.25, -0.2) is 9.37 Å². The second-order valence-corrected chi connectivity index (χ2v) is 4.27. The molecule has 0 aliphatic rings. The van der Waals surface area contributed by atoms with Crippen LogP contribution in [-0.4, -0.2) is 10.9 Å². The van der Waals surface area contributed by atoms with Gasteiger partial charge in [0.25, 0.3) is 5.91 Å². The third kappa shape index (κ3) is 2.99. The van der Waals surface area contributed by atoms with Crippen molar-refractivity contribution in [2.24, 2.45) is 0 Å². The first-order valence-electron chi connectivity index (χ1n) is 6.28. The van der Waals surface area contributed by atoms with Gasteiger partial charge in [-0.3, -0.25) is 4.79 Å². The van der Waals surface area contributed by atoms with Crippen molar-refractivity contribution in [1.29, 1.82) is 0 Å². The van der Waals surface area contributed by atoms with E-state index in [0.717, 1.165) is 29.8 Å². The van der Waals surface area contributed by atoms with Crippen LogP contribution >= 0.6 is 0 Å². The van der Waals surface area contributed by atoms with Crippen molar-refractivity contribution < 1.29 is 13.6 Å². The molecule has 1 N–H and O–H groups in total. The van der Waals surface area contributed by atoms with Gasteiger partial charge in [0.1, 0.15) is 0 Å². The molecule has 1 amide bonds. The summed E-state index contributed by atoms with van der Waals surface area (Å²) in [7, 11) is 0. The number of hydrogen-bond acceptors (Lipinski definition) is 2. The molecule has 0 atom stereocenters. The van der Waals surface area contributed by atoms with E-state index in [1.165, 1.54) is 0 Å². The van der Waals surface area contributed by atoms with E-state index < -0.39 is 17.7 Å². The highest BCUT2D eigenvalue weighted by Gasteiger charge is 2.15. The predicted molar refractivity (Wildman–Crippen MR) is 71.1 cm³/mol. The van der Waals surface area contributed by atoms with E-state index >= 15 is 0 Å². The number of hydrogen-bond donors (Lipinski definition) is 1. The number of rotatable bonds is 4. The van der Waals surface area contributed by atoms with Crippen LogP contribution in [0.4, 0.5) is 8.78 Å². The van der Waals surface area contributed by atoms with Crippen LogP contribution < -0.4 is 5.32 Å². The number of aromatic nitrogens is 1. The molecule has 2 aromatic rings. The van der Waals surface area contributed by atoms with E-state index in [1.54, 1.807) is 0 Å². The highest BCUT2D eigenvalue weighted by molar-refractivity contribution is 5.94. The zero-order chi connectivity index (χ0) is 14.5. The van der Waals surface area contributed by atoms with Gasteiger partial charge in [-0.2, -0.15) is 4.39 Å². The Kier molecular flexibility index (Phi) is 4.40. The molecular weight excluding hydrogens is 262 g/mol. The highest BCUT2D eigenvalue weighted by Crippen LogP contribution is 2.11. The zero-order valence-corrected chi connectivity index (χ0v) is 11.0. The molecule has 0 fully saturated rings. The van der Waals surface area contributed by atoms with Gasteiger partial charge in [0.05, 0.1) is 5.56 Å². The summed E-state index contributed by atoms with van der Waals surface area (Å²) < 4.78 is 26.4. The van der Waals surface area contributed by atoms with Gasteiger partial charge >= 0.3 is 0 Å². The maximum absolute atomic E-state index is 13.4. The van der Waals surface area contributed by atoms with Crippen LogP contribution in [0.1, 0.15) is 28.4 Å². The Hall–Kier alpha value is -2.30. The second-order valence-electron chi connectivity index (χ2n) is 4.27. The molecule has 0 radical (unpaired) electrons. The summed E-state index contributed by atoms with van der Waals surface area (Å²) in [4.78, 5) is 15.0. The first kappa shape index (κ1) is 14.1. The Morgan fingerprint density at radius 1 is 1.20 bits per heavy atom. The van der Waals surface area contributed by atoms with Crippen molar-refractivity contribution in [2.75, 3.05) is 0 Å². The molecule has 0 aliphatic carbocycles. The van der Waals surface area contributed by atoms with Gasteiger partial charge in [-0.1, -0.05) is 31.2 Å². The van der Waals surface area contributed by atoms with E-state index in [2.05, 4.69) is 10.3 Å². The van der Waals surface area contributed by atoms with Crippen molar-refractivity contribution in [2.45, 2.75) is 19.9 Å². The summed E-state index contributed by atoms with van der Waals surface area (Å²) in [5.41, 5.74) is 1.72. The largest absolute Gasteiger partial charge is 0.348 e. The minimum absolute atomic E-state index is 0.270. The lowest BCUT2D eigenvalue weighted by atomic mass is 10.1. The second kappa shape index (κ2) is 6.23. The Bertz CT molecular complexity index is 629. The smallest absolute Gasteiger partial charge is 0.254 e. The standard InChI is InChI=1S/C15H14F2N2O/c1-2-10-5-3-4-6-11(10)9-19-15(20)12-7-8-18-14(17)13(12)16/h3-8H,2,9H2,1H3,(H,19,20). The van der Waals surface area contributed by atoms with Gasteiger partial charge < -0.3 is 5.32 Å². The van der Waals surface area contributed by atoms with E-state index in [-0.39, 0.29) is 12.1 Å². The molecule has 1 heterocycles. The summed E-state index contributed by atoms with van der Waals surface area (Å²) >= 11 is 0. The van der Waals surface area contributed by atoms with Crippen LogP contribution in [0.15, 0.2) is 36.5 Å². The number of carbonyl (C=O) groups excluding carboxylic acids is 1. The number of halogens is 2. The van der Waals surface area contributed by atoms with Crippen LogP contribution in [0.25, 0.3) is 0 Å². The number of benzene rings is 1. The molecule has 5 heteroatoms. The van der Waals surface area contributed by atoms with Crippen molar-refractivity contribution in [3.8, 4) is 0 Å². The molecule has 3 nitrogen and oxygen atoms in total. The third-order valence-corrected chi connectivity index (χ3v) is 3.03. The first-order chi connectivity index (χ1) is 9.63. The minimum atomic E-state index is -1.27. The van der Waals surface area contributed by atoms with Gasteiger partial charge in [-0.05, 0) is 23.6 Å². The van der Waals surface area contributed by atoms with Crippen LogP contribution in [0.3, 0.4) is 0 Å². The maximum Gasteiger partial charge on any atom is 0.254 e. The lowest BCUT2D eigenvalue weighted by molar-refractivity contribution is 0.0945. The van der Waals surface area contributed by atoms with E-state index in [9.17, 15) is 13.6 Å². The third-order valence-electron chi connectivity index (χ3n) is 3.03. The van der Waals surface area contributed by atoms with Gasteiger partial charge in [0.15, 0.2) is 5.82 Å². The molecule has 0 saturated heterocycles. The Balaban J connectivity index is 2.11. The van der Waals surface area contributed by atoms with Crippen molar-refractivity contribution >= 4 is 5.91 Å². The first-order valence-corrected chi connectivity index (χ1v) is 6.28. The van der Waals surface area contributed by atoms with Crippen LogP contribution in [0, 0.1) is 11.8 Å². The van der Waals surface area contributed by atoms with Gasteiger partial charge in [0, 0.05) is 12.7 Å². The summed E-state index contributed by atoms with van der Waals surface area (Å²) in [5, 5.41) is 2.58. The molecule has 2 rings (SSSR count). The SMILES string of the molecule is CCc1ccccc1CNC(=O)c1ccnc(F)c1F. The van der Waals surface area contributed by atoms with Crippen molar-refractivity contribution in [3.63, 3.8) is 0 Å². The normalized spacial score (nSPS) is 10.3. The topological polar surface area (TPSA) is 42.0 Å². The fourth-order valence-corrected chi connectivity index (χ4v) is 1.94. The number of nitrogens with zero attached hydrogens (tertiary/aromatic N) is 1. The number of pyridine rings is 1. The lowest BCUT2D eigenvalue weighted by Crippen LogP contribution is -2.25. The molecule has 0 aliphatic heterocycles. The van der Waals surface area contributed by atoms with E-state index in [1.807, 2.05) is 31.2 Å². The quantitative estimate of drug-likeness (QED) is 0.872. The summed E-state index contributed by atoms with van der Waals surface area (Å²) in [5.74, 6) is -3.16. The molecule has 20 heavy (non-hydrogen) atoms. The number of nitrogens with one attached hydrogen (secondary N) is 1. The fraction of sp³-hybridized carbons (Fsp3) is 0.200. The molecule has 1 aromatic heterocycles. The number of amides is 1. The zero-order valence-electron chi connectivity index (χ0n) is 11.0. The molecule has 0 bridgehead atoms. The summed E-state index contributed by atoms with van der Waals surface area (Å²) in [6, 6.07) is 8.80. The summed E-state index contributed by atoms with van der Waals surface area (Å²) in [6.07, 6.45) is 1.90. The molecule has 0 saturated carbocycles. The maximum atomic E-state index is 13.4. The monoisotopic (exact) mass is 276 g/mol. The Labute approximate surface area is 115 Å². The van der Waals surface area contributed by atoms with Gasteiger partial charge in [-0.15, -0.1) is 0 Å². The van der Waals surface area contributed by atoms with E-state index in [4.69, 9.17) is 0 Å². The Morgan fingerprint density at radius 3 is 2.60 bits per heavy atom. The molecule has 0 unspecified atom stereocenters. The molecule has 1 aromatic carbocycles. The molecule has 104 valence electrons. The van der Waals surface area contributed by atoms with Crippen LogP contribution in [0.2, 0.25) is 0 Å². The number of carbonyl (C=O) groups is 1. The van der Waals surface area contributed by atoms with Crippen LogP contribution in [0.5, 0.6) is 0 Å². The van der Waals surface area contributed by atoms with Crippen molar-refractivity contribution in [1.82, 2.24) is 10.3 Å². The predicted octanol–water partition coefficient (Wildman–Crippen LogP) is 2.85. The molecular formula is C15H14F2N2O. The fourth-order valence-electron chi connectivity index (χ4n) is 1.94. The lowest BCUT2D eigenvalue weighted by Gasteiger charge is -2.09. The minimum Gasteiger partial charge on any atom is -0.348 e. The number of aryl methyl sites for hydroxylation is 1. The van der Waals surface area contributed by atoms with E-state index in [0.29, 0.717) is 0 Å². The van der Waals surface area contributed by atoms with Crippen molar-refractivity contribution in [3.05, 3.63) is 65.0 Å². The average Bonchev–Trinajstić information content (AvgIpc) is 2.48. The van der Waals surface area contributed by atoms with Gasteiger partial charge in [0.2, 0.25) is 5.95 Å². The highest BCUT2D eigenvalue weighted by atomic mass is 19.2. The molecule has 0 spiro atoms.